The maximum absolute atomic E-state index is 11.1. The van der Waals surface area contributed by atoms with Gasteiger partial charge in [0.15, 0.2) is 0 Å². The molecule has 4 nitrogen and oxygen atoms in total. The van der Waals surface area contributed by atoms with Crippen LogP contribution in [0.2, 0.25) is 0 Å². The van der Waals surface area contributed by atoms with Crippen molar-refractivity contribution in [2.24, 2.45) is 0 Å². The maximum Gasteiger partial charge on any atom is 0.345 e. The quantitative estimate of drug-likeness (QED) is 0.350. The molecule has 0 bridgehead atoms. The van der Waals surface area contributed by atoms with Gasteiger partial charge in [-0.3, -0.25) is 0 Å². The van der Waals surface area contributed by atoms with Gasteiger partial charge < -0.3 is 9.84 Å². The minimum atomic E-state index is -1.30. The number of carbonyl (C=O) groups is 2. The van der Waals surface area contributed by atoms with Gasteiger partial charge in [0.2, 0.25) is 0 Å². The molecule has 0 aromatic heterocycles. The second-order valence-electron chi connectivity index (χ2n) is 2.77. The standard InChI is InChI=1S/C11H10O4/c1-15-11(14)9(10(12)13)7-8-5-3-2-4-6-8/h2-7H,1H3,(H,12,13). The van der Waals surface area contributed by atoms with Crippen LogP contribution < -0.4 is 0 Å². The molecular weight excluding hydrogens is 196 g/mol. The lowest BCUT2D eigenvalue weighted by atomic mass is 10.1. The molecule has 1 aromatic carbocycles. The SMILES string of the molecule is COC(=O)C(=Cc1ccccc1)C(=O)O. The lowest BCUT2D eigenvalue weighted by molar-refractivity contribution is -0.142. The van der Waals surface area contributed by atoms with Crippen molar-refractivity contribution in [2.75, 3.05) is 7.11 Å². The van der Waals surface area contributed by atoms with Gasteiger partial charge in [0, 0.05) is 0 Å². The van der Waals surface area contributed by atoms with Crippen LogP contribution in [0.3, 0.4) is 0 Å². The van der Waals surface area contributed by atoms with E-state index in [-0.39, 0.29) is 5.57 Å². The third-order valence-electron chi connectivity index (χ3n) is 1.75. The van der Waals surface area contributed by atoms with E-state index < -0.39 is 11.9 Å². The van der Waals surface area contributed by atoms with Gasteiger partial charge in [-0.05, 0) is 11.6 Å². The van der Waals surface area contributed by atoms with E-state index in [1.54, 1.807) is 30.3 Å². The van der Waals surface area contributed by atoms with Gasteiger partial charge in [0.1, 0.15) is 5.57 Å². The fourth-order valence-corrected chi connectivity index (χ4v) is 1.03. The summed E-state index contributed by atoms with van der Waals surface area (Å²) in [6.07, 6.45) is 1.27. The molecule has 0 radical (unpaired) electrons. The maximum atomic E-state index is 11.1. The number of carbonyl (C=O) groups excluding carboxylic acids is 1. The molecule has 0 saturated carbocycles. The van der Waals surface area contributed by atoms with Gasteiger partial charge in [0.25, 0.3) is 0 Å². The van der Waals surface area contributed by atoms with Crippen LogP contribution in [0.5, 0.6) is 0 Å². The number of hydrogen-bond acceptors (Lipinski definition) is 3. The zero-order chi connectivity index (χ0) is 11.3. The highest BCUT2D eigenvalue weighted by Gasteiger charge is 2.17. The molecule has 4 heteroatoms. The molecule has 1 aromatic rings. The Morgan fingerprint density at radius 1 is 1.27 bits per heavy atom. The Kier molecular flexibility index (Phi) is 3.62. The Balaban J connectivity index is 3.05. The van der Waals surface area contributed by atoms with E-state index in [0.29, 0.717) is 5.56 Å². The first-order chi connectivity index (χ1) is 7.15. The highest BCUT2D eigenvalue weighted by atomic mass is 16.5. The molecule has 0 heterocycles. The first-order valence-electron chi connectivity index (χ1n) is 4.23. The summed E-state index contributed by atoms with van der Waals surface area (Å²) in [7, 11) is 1.14. The molecule has 0 aliphatic heterocycles. The number of benzene rings is 1. The normalized spacial score (nSPS) is 10.9. The van der Waals surface area contributed by atoms with Crippen LogP contribution >= 0.6 is 0 Å². The second kappa shape index (κ2) is 4.95. The van der Waals surface area contributed by atoms with Crippen LogP contribution in [0.15, 0.2) is 35.9 Å². The van der Waals surface area contributed by atoms with Crippen molar-refractivity contribution in [1.29, 1.82) is 0 Å². The van der Waals surface area contributed by atoms with Crippen molar-refractivity contribution in [3.63, 3.8) is 0 Å². The molecule has 1 N–H and O–H groups in total. The van der Waals surface area contributed by atoms with Crippen LogP contribution in [-0.2, 0) is 14.3 Å². The summed E-state index contributed by atoms with van der Waals surface area (Å²) in [6, 6.07) is 8.71. The number of carboxylic acids is 1. The van der Waals surface area contributed by atoms with E-state index in [0.717, 1.165) is 7.11 Å². The highest BCUT2D eigenvalue weighted by Crippen LogP contribution is 2.08. The number of rotatable bonds is 3. The number of esters is 1. The summed E-state index contributed by atoms with van der Waals surface area (Å²) >= 11 is 0. The first kappa shape index (κ1) is 11.0. The van der Waals surface area contributed by atoms with E-state index in [1.807, 2.05) is 0 Å². The number of carboxylic acid groups (broad SMARTS) is 1. The summed E-state index contributed by atoms with van der Waals surface area (Å²) in [5, 5.41) is 8.77. The summed E-state index contributed by atoms with van der Waals surface area (Å²) in [6.45, 7) is 0. The molecule has 15 heavy (non-hydrogen) atoms. The first-order valence-corrected chi connectivity index (χ1v) is 4.23. The Hall–Kier alpha value is -2.10. The molecule has 0 unspecified atom stereocenters. The van der Waals surface area contributed by atoms with Crippen LogP contribution in [0.1, 0.15) is 5.56 Å². The third-order valence-corrected chi connectivity index (χ3v) is 1.75. The molecule has 0 atom stereocenters. The lowest BCUT2D eigenvalue weighted by Crippen LogP contribution is -2.13. The molecule has 78 valence electrons. The molecular formula is C11H10O4. The smallest absolute Gasteiger partial charge is 0.345 e. The van der Waals surface area contributed by atoms with Crippen LogP contribution in [-0.4, -0.2) is 24.2 Å². The van der Waals surface area contributed by atoms with Gasteiger partial charge in [-0.1, -0.05) is 30.3 Å². The number of ether oxygens (including phenoxy) is 1. The monoisotopic (exact) mass is 206 g/mol. The van der Waals surface area contributed by atoms with Crippen molar-refractivity contribution in [1.82, 2.24) is 0 Å². The van der Waals surface area contributed by atoms with Gasteiger partial charge in [-0.15, -0.1) is 0 Å². The van der Waals surface area contributed by atoms with Crippen molar-refractivity contribution in [3.05, 3.63) is 41.5 Å². The Bertz CT molecular complexity index is 392. The van der Waals surface area contributed by atoms with Crippen LogP contribution in [0.4, 0.5) is 0 Å². The molecule has 0 aliphatic carbocycles. The van der Waals surface area contributed by atoms with Gasteiger partial charge in [-0.25, -0.2) is 9.59 Å². The van der Waals surface area contributed by atoms with Gasteiger partial charge >= 0.3 is 11.9 Å². The fourth-order valence-electron chi connectivity index (χ4n) is 1.03. The van der Waals surface area contributed by atoms with Crippen molar-refractivity contribution in [3.8, 4) is 0 Å². The summed E-state index contributed by atoms with van der Waals surface area (Å²) in [5.74, 6) is -2.16. The number of hydrogen-bond donors (Lipinski definition) is 1. The summed E-state index contributed by atoms with van der Waals surface area (Å²) in [4.78, 5) is 21.8. The lowest BCUT2D eigenvalue weighted by Gasteiger charge is -1.99. The highest BCUT2D eigenvalue weighted by molar-refractivity contribution is 6.16. The topological polar surface area (TPSA) is 63.6 Å². The number of aliphatic carboxylic acids is 1. The fraction of sp³-hybridized carbons (Fsp3) is 0.0909. The third kappa shape index (κ3) is 2.95. The molecule has 0 saturated heterocycles. The van der Waals surface area contributed by atoms with Crippen molar-refractivity contribution < 1.29 is 19.4 Å². The van der Waals surface area contributed by atoms with E-state index in [9.17, 15) is 9.59 Å². The van der Waals surface area contributed by atoms with Crippen molar-refractivity contribution in [2.45, 2.75) is 0 Å². The Morgan fingerprint density at radius 2 is 1.87 bits per heavy atom. The predicted molar refractivity (Wildman–Crippen MR) is 54.1 cm³/mol. The van der Waals surface area contributed by atoms with Crippen LogP contribution in [0, 0.1) is 0 Å². The largest absolute Gasteiger partial charge is 0.477 e. The van der Waals surface area contributed by atoms with E-state index >= 15 is 0 Å². The molecule has 0 amide bonds. The predicted octanol–water partition coefficient (Wildman–Crippen LogP) is 1.33. The number of methoxy groups -OCH3 is 1. The zero-order valence-corrected chi connectivity index (χ0v) is 8.14. The Labute approximate surface area is 86.8 Å². The minimum absolute atomic E-state index is 0.385. The van der Waals surface area contributed by atoms with Gasteiger partial charge in [-0.2, -0.15) is 0 Å². The van der Waals surface area contributed by atoms with E-state index in [2.05, 4.69) is 4.74 Å². The second-order valence-corrected chi connectivity index (χ2v) is 2.77. The van der Waals surface area contributed by atoms with E-state index in [1.165, 1.54) is 6.08 Å². The van der Waals surface area contributed by atoms with Gasteiger partial charge in [0.05, 0.1) is 7.11 Å². The average molecular weight is 206 g/mol. The van der Waals surface area contributed by atoms with Crippen molar-refractivity contribution >= 4 is 18.0 Å². The summed E-state index contributed by atoms with van der Waals surface area (Å²) in [5.41, 5.74) is 0.254. The molecule has 0 spiro atoms. The van der Waals surface area contributed by atoms with E-state index in [4.69, 9.17) is 5.11 Å². The zero-order valence-electron chi connectivity index (χ0n) is 8.14. The average Bonchev–Trinajstić information content (AvgIpc) is 2.26. The molecule has 0 fully saturated rings. The molecule has 1 rings (SSSR count). The van der Waals surface area contributed by atoms with Crippen LogP contribution in [0.25, 0.3) is 6.08 Å². The Morgan fingerprint density at radius 3 is 2.33 bits per heavy atom. The minimum Gasteiger partial charge on any atom is -0.477 e. The molecule has 0 aliphatic rings. The summed E-state index contributed by atoms with van der Waals surface area (Å²) < 4.78 is 4.36.